The smallest absolute Gasteiger partial charge is 0.253 e. The normalized spacial score (nSPS) is 14.6. The Kier molecular flexibility index (Phi) is 6.55. The number of carbonyl (C=O) groups excluding carboxylic acids is 1. The van der Waals surface area contributed by atoms with Crippen LogP contribution in [0, 0.1) is 0 Å². The number of benzene rings is 3. The third-order valence-electron chi connectivity index (χ3n) is 6.18. The summed E-state index contributed by atoms with van der Waals surface area (Å²) >= 11 is 1.67. The second kappa shape index (κ2) is 9.77. The molecule has 0 atom stereocenters. The number of hydrogen-bond donors (Lipinski definition) is 0. The molecule has 0 N–H and O–H groups in total. The van der Waals surface area contributed by atoms with Gasteiger partial charge in [-0.05, 0) is 42.0 Å². The van der Waals surface area contributed by atoms with Gasteiger partial charge in [-0.2, -0.15) is 4.31 Å². The van der Waals surface area contributed by atoms with Crippen molar-refractivity contribution in [3.8, 4) is 0 Å². The van der Waals surface area contributed by atoms with Gasteiger partial charge in [-0.15, -0.1) is 0 Å². The lowest BCUT2D eigenvalue weighted by Gasteiger charge is -2.34. The van der Waals surface area contributed by atoms with Crippen LogP contribution in [0.25, 0.3) is 10.2 Å². The highest BCUT2D eigenvalue weighted by Gasteiger charge is 2.25. The second-order valence-electron chi connectivity index (χ2n) is 8.51. The van der Waals surface area contributed by atoms with E-state index in [4.69, 9.17) is 4.98 Å². The van der Waals surface area contributed by atoms with Gasteiger partial charge in [0.2, 0.25) is 10.0 Å². The largest absolute Gasteiger partial charge is 0.345 e. The number of carbonyl (C=O) groups is 1. The number of aromatic nitrogens is 1. The van der Waals surface area contributed by atoms with Crippen LogP contribution >= 0.6 is 11.3 Å². The third-order valence-corrected chi connectivity index (χ3v) is 9.09. The van der Waals surface area contributed by atoms with Crippen LogP contribution in [0.15, 0.2) is 83.8 Å². The van der Waals surface area contributed by atoms with Gasteiger partial charge >= 0.3 is 0 Å². The van der Waals surface area contributed by atoms with Crippen molar-refractivity contribution in [1.82, 2.24) is 14.2 Å². The predicted octanol–water partition coefficient (Wildman–Crippen LogP) is 4.08. The van der Waals surface area contributed by atoms with Gasteiger partial charge in [-0.1, -0.05) is 53.8 Å². The first-order valence-electron chi connectivity index (χ1n) is 11.4. The number of hydrogen-bond acceptors (Lipinski definition) is 6. The fraction of sp³-hybridized carbons (Fsp3) is 0.231. The van der Waals surface area contributed by atoms with E-state index in [1.165, 1.54) is 16.4 Å². The third kappa shape index (κ3) is 4.93. The number of anilines is 1. The van der Waals surface area contributed by atoms with E-state index in [9.17, 15) is 13.2 Å². The molecule has 1 aliphatic heterocycles. The zero-order chi connectivity index (χ0) is 24.4. The van der Waals surface area contributed by atoms with E-state index < -0.39 is 10.0 Å². The van der Waals surface area contributed by atoms with Crippen LogP contribution in [0.1, 0.15) is 15.9 Å². The van der Waals surface area contributed by atoms with Crippen LogP contribution in [0.2, 0.25) is 0 Å². The molecule has 1 aliphatic rings. The fourth-order valence-corrected chi connectivity index (χ4v) is 6.33. The molecule has 1 fully saturated rings. The van der Waals surface area contributed by atoms with Crippen molar-refractivity contribution in [2.45, 2.75) is 11.4 Å². The van der Waals surface area contributed by atoms with Crippen LogP contribution < -0.4 is 4.90 Å². The highest BCUT2D eigenvalue weighted by atomic mass is 32.2. The maximum atomic E-state index is 13.1. The quantitative estimate of drug-likeness (QED) is 0.394. The summed E-state index contributed by atoms with van der Waals surface area (Å²) in [5, 5.41) is 0.979. The Morgan fingerprint density at radius 1 is 0.914 bits per heavy atom. The van der Waals surface area contributed by atoms with Crippen molar-refractivity contribution in [1.29, 1.82) is 0 Å². The van der Waals surface area contributed by atoms with E-state index in [1.54, 1.807) is 30.5 Å². The molecule has 5 rings (SSSR count). The van der Waals surface area contributed by atoms with Crippen molar-refractivity contribution in [3.05, 3.63) is 90.0 Å². The lowest BCUT2D eigenvalue weighted by Crippen LogP contribution is -2.48. The van der Waals surface area contributed by atoms with Crippen molar-refractivity contribution in [2.75, 3.05) is 38.1 Å². The summed E-state index contributed by atoms with van der Waals surface area (Å²) in [6, 6.07) is 23.8. The molecule has 1 aromatic heterocycles. The number of thiazole rings is 1. The number of rotatable bonds is 6. The Labute approximate surface area is 209 Å². The molecule has 0 saturated carbocycles. The molecule has 35 heavy (non-hydrogen) atoms. The Hall–Kier alpha value is -3.27. The lowest BCUT2D eigenvalue weighted by molar-refractivity contribution is 0.0746. The lowest BCUT2D eigenvalue weighted by atomic mass is 10.2. The predicted molar refractivity (Wildman–Crippen MR) is 139 cm³/mol. The minimum atomic E-state index is -3.66. The standard InChI is InChI=1S/C26H26N4O3S2/c1-28(19-20-7-3-2-4-8-20)35(32,33)22-13-11-21(12-14-22)25(31)29-15-17-30(18-16-29)26-27-23-9-5-6-10-24(23)34-26/h2-14H,15-19H2,1H3. The summed E-state index contributed by atoms with van der Waals surface area (Å²) in [6.45, 7) is 2.89. The summed E-state index contributed by atoms with van der Waals surface area (Å²) in [6.07, 6.45) is 0. The van der Waals surface area contributed by atoms with E-state index in [0.29, 0.717) is 31.7 Å². The summed E-state index contributed by atoms with van der Waals surface area (Å²) in [4.78, 5) is 22.0. The van der Waals surface area contributed by atoms with Crippen molar-refractivity contribution < 1.29 is 13.2 Å². The van der Waals surface area contributed by atoms with E-state index in [1.807, 2.05) is 53.4 Å². The number of nitrogens with zero attached hydrogens (tertiary/aromatic N) is 4. The molecule has 1 saturated heterocycles. The molecule has 1 amide bonds. The number of piperazine rings is 1. The van der Waals surface area contributed by atoms with Crippen LogP contribution in [-0.4, -0.2) is 61.7 Å². The molecule has 0 bridgehead atoms. The summed E-state index contributed by atoms with van der Waals surface area (Å²) in [5.41, 5.74) is 2.40. The molecule has 0 spiro atoms. The molecular weight excluding hydrogens is 480 g/mol. The maximum absolute atomic E-state index is 13.1. The van der Waals surface area contributed by atoms with E-state index >= 15 is 0 Å². The Morgan fingerprint density at radius 2 is 1.57 bits per heavy atom. The second-order valence-corrected chi connectivity index (χ2v) is 11.6. The van der Waals surface area contributed by atoms with Crippen LogP contribution in [0.3, 0.4) is 0 Å². The van der Waals surface area contributed by atoms with Crippen LogP contribution in [0.4, 0.5) is 5.13 Å². The number of para-hydroxylation sites is 1. The van der Waals surface area contributed by atoms with Crippen molar-refractivity contribution >= 4 is 42.6 Å². The van der Waals surface area contributed by atoms with Gasteiger partial charge in [0.15, 0.2) is 5.13 Å². The molecule has 0 aliphatic carbocycles. The minimum absolute atomic E-state index is 0.0875. The Balaban J connectivity index is 1.22. The molecule has 0 unspecified atom stereocenters. The summed E-state index contributed by atoms with van der Waals surface area (Å²) in [5.74, 6) is -0.0875. The van der Waals surface area contributed by atoms with Gasteiger partial charge < -0.3 is 9.80 Å². The van der Waals surface area contributed by atoms with Gasteiger partial charge in [0.1, 0.15) is 0 Å². The number of sulfonamides is 1. The number of amides is 1. The van der Waals surface area contributed by atoms with E-state index in [0.717, 1.165) is 20.9 Å². The Bertz CT molecular complexity index is 1400. The number of fused-ring (bicyclic) bond motifs is 1. The molecule has 7 nitrogen and oxygen atoms in total. The van der Waals surface area contributed by atoms with Gasteiger partial charge in [-0.25, -0.2) is 13.4 Å². The molecule has 0 radical (unpaired) electrons. The average molecular weight is 507 g/mol. The first-order chi connectivity index (χ1) is 16.9. The van der Waals surface area contributed by atoms with Gasteiger partial charge in [0.25, 0.3) is 5.91 Å². The van der Waals surface area contributed by atoms with Crippen molar-refractivity contribution in [3.63, 3.8) is 0 Å². The topological polar surface area (TPSA) is 73.8 Å². The first-order valence-corrected chi connectivity index (χ1v) is 13.7. The summed E-state index contributed by atoms with van der Waals surface area (Å²) < 4.78 is 28.4. The van der Waals surface area contributed by atoms with Crippen LogP contribution in [0.5, 0.6) is 0 Å². The Morgan fingerprint density at radius 3 is 2.26 bits per heavy atom. The molecule has 4 aromatic rings. The fourth-order valence-electron chi connectivity index (χ4n) is 4.15. The van der Waals surface area contributed by atoms with Gasteiger partial charge in [0.05, 0.1) is 15.1 Å². The minimum Gasteiger partial charge on any atom is -0.345 e. The van der Waals surface area contributed by atoms with Gasteiger partial charge in [0, 0.05) is 45.3 Å². The van der Waals surface area contributed by atoms with Crippen molar-refractivity contribution in [2.24, 2.45) is 0 Å². The molecule has 180 valence electrons. The highest BCUT2D eigenvalue weighted by Crippen LogP contribution is 2.29. The van der Waals surface area contributed by atoms with E-state index in [2.05, 4.69) is 11.0 Å². The molecule has 3 aromatic carbocycles. The molecule has 9 heteroatoms. The average Bonchev–Trinajstić information content (AvgIpc) is 3.33. The zero-order valence-corrected chi connectivity index (χ0v) is 21.0. The van der Waals surface area contributed by atoms with Crippen LogP contribution in [-0.2, 0) is 16.6 Å². The maximum Gasteiger partial charge on any atom is 0.253 e. The first kappa shape index (κ1) is 23.5. The van der Waals surface area contributed by atoms with E-state index in [-0.39, 0.29) is 17.3 Å². The SMILES string of the molecule is CN(Cc1ccccc1)S(=O)(=O)c1ccc(C(=O)N2CCN(c3nc4ccccc4s3)CC2)cc1. The monoisotopic (exact) mass is 506 g/mol. The highest BCUT2D eigenvalue weighted by molar-refractivity contribution is 7.89. The van der Waals surface area contributed by atoms with Gasteiger partial charge in [-0.3, -0.25) is 4.79 Å². The molecule has 2 heterocycles. The molecular formula is C26H26N4O3S2. The zero-order valence-electron chi connectivity index (χ0n) is 19.4. The summed E-state index contributed by atoms with van der Waals surface area (Å²) in [7, 11) is -2.10.